The van der Waals surface area contributed by atoms with E-state index in [1.165, 1.54) is 6.42 Å². The highest BCUT2D eigenvalue weighted by Gasteiger charge is 2.32. The molecule has 0 radical (unpaired) electrons. The number of hydrogen-bond donors (Lipinski definition) is 0. The summed E-state index contributed by atoms with van der Waals surface area (Å²) in [6.07, 6.45) is 6.48. The van der Waals surface area contributed by atoms with Crippen molar-refractivity contribution in [2.24, 2.45) is 0 Å². The molecule has 2 amide bonds. The SMILES string of the molecule is COCC(=O)N1CCC[C@@H]1c1cc2nc(C)c(CCC(=O)N3CCCCC3)c(C)n2n1. The molecule has 2 saturated heterocycles. The Bertz CT molecular complexity index is 964. The summed E-state index contributed by atoms with van der Waals surface area (Å²) in [5, 5.41) is 4.83. The summed E-state index contributed by atoms with van der Waals surface area (Å²) in [5.74, 6) is 0.234. The van der Waals surface area contributed by atoms with Crippen LogP contribution < -0.4 is 0 Å². The standard InChI is InChI=1S/C23H33N5O3/c1-16-18(9-10-22(29)26-11-5-4-6-12-26)17(2)28-21(24-16)14-19(25-28)20-8-7-13-27(20)23(30)15-31-3/h14,20H,4-13,15H2,1-3H3/t20-/m1/s1. The molecule has 8 heteroatoms. The number of fused-ring (bicyclic) bond motifs is 1. The quantitative estimate of drug-likeness (QED) is 0.708. The second kappa shape index (κ2) is 9.34. The van der Waals surface area contributed by atoms with Gasteiger partial charge in [0, 0.05) is 50.6 Å². The molecule has 0 aromatic carbocycles. The van der Waals surface area contributed by atoms with Gasteiger partial charge in [-0.25, -0.2) is 9.50 Å². The van der Waals surface area contributed by atoms with E-state index < -0.39 is 0 Å². The molecule has 4 heterocycles. The van der Waals surface area contributed by atoms with Crippen LogP contribution in [0.15, 0.2) is 6.07 Å². The summed E-state index contributed by atoms with van der Waals surface area (Å²) in [6.45, 7) is 6.64. The molecule has 2 aliphatic heterocycles. The highest BCUT2D eigenvalue weighted by molar-refractivity contribution is 5.78. The number of rotatable bonds is 6. The van der Waals surface area contributed by atoms with Gasteiger partial charge in [-0.1, -0.05) is 0 Å². The first-order chi connectivity index (χ1) is 15.0. The van der Waals surface area contributed by atoms with Gasteiger partial charge in [0.05, 0.1) is 11.7 Å². The molecule has 2 aromatic rings. The van der Waals surface area contributed by atoms with Crippen molar-refractivity contribution >= 4 is 17.5 Å². The van der Waals surface area contributed by atoms with Crippen LogP contribution in [0.5, 0.6) is 0 Å². The molecule has 0 N–H and O–H groups in total. The van der Waals surface area contributed by atoms with Crippen LogP contribution in [-0.2, 0) is 20.7 Å². The fraction of sp³-hybridized carbons (Fsp3) is 0.652. The summed E-state index contributed by atoms with van der Waals surface area (Å²) in [7, 11) is 1.54. The summed E-state index contributed by atoms with van der Waals surface area (Å²) in [4.78, 5) is 33.7. The third-order valence-electron chi connectivity index (χ3n) is 6.66. The molecule has 31 heavy (non-hydrogen) atoms. The number of carbonyl (C=O) groups excluding carboxylic acids is 2. The van der Waals surface area contributed by atoms with E-state index in [0.717, 1.165) is 73.6 Å². The average Bonchev–Trinajstić information content (AvgIpc) is 3.41. The van der Waals surface area contributed by atoms with Crippen LogP contribution in [0.25, 0.3) is 5.65 Å². The number of piperidine rings is 1. The van der Waals surface area contributed by atoms with Gasteiger partial charge >= 0.3 is 0 Å². The minimum absolute atomic E-state index is 0.000156. The number of aromatic nitrogens is 3. The molecule has 0 aliphatic carbocycles. The first-order valence-electron chi connectivity index (χ1n) is 11.4. The monoisotopic (exact) mass is 427 g/mol. The van der Waals surface area contributed by atoms with Crippen LogP contribution in [0.2, 0.25) is 0 Å². The Morgan fingerprint density at radius 3 is 2.61 bits per heavy atom. The maximum absolute atomic E-state index is 12.6. The van der Waals surface area contributed by atoms with E-state index >= 15 is 0 Å². The van der Waals surface area contributed by atoms with E-state index in [4.69, 9.17) is 14.8 Å². The number of ether oxygens (including phenoxy) is 1. The lowest BCUT2D eigenvalue weighted by molar-refractivity contribution is -0.136. The van der Waals surface area contributed by atoms with Crippen LogP contribution in [0, 0.1) is 13.8 Å². The Balaban J connectivity index is 1.54. The van der Waals surface area contributed by atoms with E-state index in [0.29, 0.717) is 12.8 Å². The minimum atomic E-state index is -0.0341. The number of nitrogens with zero attached hydrogens (tertiary/aromatic N) is 5. The fourth-order valence-electron chi connectivity index (χ4n) is 4.98. The Labute approximate surface area is 183 Å². The number of carbonyl (C=O) groups is 2. The number of hydrogen-bond acceptors (Lipinski definition) is 5. The molecule has 1 atom stereocenters. The van der Waals surface area contributed by atoms with Crippen molar-refractivity contribution < 1.29 is 14.3 Å². The Morgan fingerprint density at radius 2 is 1.87 bits per heavy atom. The zero-order chi connectivity index (χ0) is 22.0. The van der Waals surface area contributed by atoms with Crippen molar-refractivity contribution in [2.75, 3.05) is 33.4 Å². The Morgan fingerprint density at radius 1 is 1.10 bits per heavy atom. The topological polar surface area (TPSA) is 80.0 Å². The summed E-state index contributed by atoms with van der Waals surface area (Å²) in [5.41, 5.74) is 4.72. The van der Waals surface area contributed by atoms with E-state index in [-0.39, 0.29) is 24.5 Å². The van der Waals surface area contributed by atoms with Gasteiger partial charge in [0.2, 0.25) is 11.8 Å². The van der Waals surface area contributed by atoms with Gasteiger partial charge in [0.25, 0.3) is 0 Å². The molecule has 168 valence electrons. The lowest BCUT2D eigenvalue weighted by Crippen LogP contribution is -2.35. The second-order valence-electron chi connectivity index (χ2n) is 8.72. The van der Waals surface area contributed by atoms with E-state index in [1.54, 1.807) is 7.11 Å². The van der Waals surface area contributed by atoms with Crippen LogP contribution >= 0.6 is 0 Å². The number of likely N-dealkylation sites (tertiary alicyclic amines) is 2. The number of amides is 2. The van der Waals surface area contributed by atoms with Crippen molar-refractivity contribution in [3.05, 3.63) is 28.7 Å². The highest BCUT2D eigenvalue weighted by Crippen LogP contribution is 2.32. The lowest BCUT2D eigenvalue weighted by atomic mass is 10.0. The highest BCUT2D eigenvalue weighted by atomic mass is 16.5. The van der Waals surface area contributed by atoms with Gasteiger partial charge in [-0.3, -0.25) is 9.59 Å². The van der Waals surface area contributed by atoms with Gasteiger partial charge in [-0.05, 0) is 57.9 Å². The maximum Gasteiger partial charge on any atom is 0.249 e. The second-order valence-corrected chi connectivity index (χ2v) is 8.72. The van der Waals surface area contributed by atoms with Gasteiger partial charge in [0.1, 0.15) is 6.61 Å². The van der Waals surface area contributed by atoms with Crippen LogP contribution in [0.3, 0.4) is 0 Å². The molecule has 2 aromatic heterocycles. The minimum Gasteiger partial charge on any atom is -0.375 e. The zero-order valence-electron chi connectivity index (χ0n) is 18.9. The number of methoxy groups -OCH3 is 1. The first-order valence-corrected chi connectivity index (χ1v) is 11.4. The molecular formula is C23H33N5O3. The zero-order valence-corrected chi connectivity index (χ0v) is 18.9. The van der Waals surface area contributed by atoms with E-state index in [2.05, 4.69) is 0 Å². The van der Waals surface area contributed by atoms with Crippen LogP contribution in [0.4, 0.5) is 0 Å². The van der Waals surface area contributed by atoms with E-state index in [9.17, 15) is 9.59 Å². The van der Waals surface area contributed by atoms with Gasteiger partial charge in [0.15, 0.2) is 5.65 Å². The lowest BCUT2D eigenvalue weighted by Gasteiger charge is -2.26. The summed E-state index contributed by atoms with van der Waals surface area (Å²) < 4.78 is 6.91. The van der Waals surface area contributed by atoms with Gasteiger partial charge in [-0.15, -0.1) is 0 Å². The molecular weight excluding hydrogens is 394 g/mol. The fourth-order valence-corrected chi connectivity index (χ4v) is 4.98. The first kappa shape index (κ1) is 21.7. The Hall–Kier alpha value is -2.48. The van der Waals surface area contributed by atoms with Crippen molar-refractivity contribution in [1.82, 2.24) is 24.4 Å². The van der Waals surface area contributed by atoms with E-state index in [1.807, 2.05) is 34.2 Å². The van der Waals surface area contributed by atoms with Gasteiger partial charge in [-0.2, -0.15) is 5.10 Å². The predicted octanol–water partition coefficient (Wildman–Crippen LogP) is 2.60. The van der Waals surface area contributed by atoms with Crippen molar-refractivity contribution in [2.45, 2.75) is 64.8 Å². The molecule has 0 spiro atoms. The molecule has 8 nitrogen and oxygen atoms in total. The van der Waals surface area contributed by atoms with Crippen molar-refractivity contribution in [3.8, 4) is 0 Å². The predicted molar refractivity (Wildman–Crippen MR) is 117 cm³/mol. The molecule has 2 fully saturated rings. The number of aryl methyl sites for hydroxylation is 2. The molecule has 4 rings (SSSR count). The van der Waals surface area contributed by atoms with Gasteiger partial charge < -0.3 is 14.5 Å². The molecule has 0 unspecified atom stereocenters. The normalized spacial score (nSPS) is 19.4. The Kier molecular flexibility index (Phi) is 6.55. The third-order valence-corrected chi connectivity index (χ3v) is 6.66. The molecule has 0 bridgehead atoms. The summed E-state index contributed by atoms with van der Waals surface area (Å²) in [6, 6.07) is 1.96. The maximum atomic E-state index is 12.6. The summed E-state index contributed by atoms with van der Waals surface area (Å²) >= 11 is 0. The van der Waals surface area contributed by atoms with Crippen molar-refractivity contribution in [3.63, 3.8) is 0 Å². The van der Waals surface area contributed by atoms with Crippen LogP contribution in [0.1, 0.15) is 67.2 Å². The largest absolute Gasteiger partial charge is 0.375 e. The van der Waals surface area contributed by atoms with Crippen molar-refractivity contribution in [1.29, 1.82) is 0 Å². The molecule has 0 saturated carbocycles. The smallest absolute Gasteiger partial charge is 0.249 e. The molecule has 2 aliphatic rings. The van der Waals surface area contributed by atoms with Crippen LogP contribution in [-0.4, -0.2) is 69.6 Å². The average molecular weight is 428 g/mol. The third kappa shape index (κ3) is 4.44.